The van der Waals surface area contributed by atoms with Gasteiger partial charge in [-0.05, 0) is 18.2 Å². The molecule has 5 unspecified atom stereocenters. The lowest BCUT2D eigenvalue weighted by atomic mass is 10.1. The van der Waals surface area contributed by atoms with Crippen LogP contribution in [0.25, 0.3) is 0 Å². The largest absolute Gasteiger partial charge is 0.474 e. The van der Waals surface area contributed by atoms with Crippen molar-refractivity contribution in [3.8, 4) is 5.88 Å². The molecule has 0 radical (unpaired) electrons. The number of aromatic nitrogens is 2. The van der Waals surface area contributed by atoms with Gasteiger partial charge in [-0.15, -0.1) is 0 Å². The molecule has 4 aliphatic heterocycles. The van der Waals surface area contributed by atoms with Gasteiger partial charge in [0.1, 0.15) is 49.2 Å². The third kappa shape index (κ3) is 6.63. The van der Waals surface area contributed by atoms with Gasteiger partial charge in [0, 0.05) is 24.6 Å². The average molecular weight is 657 g/mol. The fraction of sp³-hybridized carbons (Fsp3) is 0.737. The number of hydrazine groups is 2. The minimum atomic E-state index is -4.12. The molecule has 0 aromatic carbocycles. The molecule has 5 aliphatic rings. The van der Waals surface area contributed by atoms with Gasteiger partial charge in [-0.25, -0.2) is 20.0 Å². The lowest BCUT2D eigenvalue weighted by molar-refractivity contribution is -0.137. The fourth-order valence-corrected chi connectivity index (χ4v) is 8.44. The SMILES string of the molecule is NC1NC(=O)C2NNN([C@@H]3O[C@@H]4COP(O)(=S)O[C@H]5C[C@H](Oc6ccncn6)C[C@@H]5COP(=O)(S)O[C@@H]3[C@@H]4O)C2N1. The van der Waals surface area contributed by atoms with Crippen LogP contribution in [0.1, 0.15) is 12.8 Å². The molecule has 5 fully saturated rings. The highest BCUT2D eigenvalue weighted by Gasteiger charge is 2.56. The zero-order chi connectivity index (χ0) is 28.9. The highest BCUT2D eigenvalue weighted by molar-refractivity contribution is 8.44. The third-order valence-corrected chi connectivity index (χ3v) is 10.5. The Morgan fingerprint density at radius 3 is 2.85 bits per heavy atom. The van der Waals surface area contributed by atoms with Gasteiger partial charge in [-0.3, -0.25) is 20.4 Å². The first-order valence-electron chi connectivity index (χ1n) is 12.7. The zero-order valence-corrected chi connectivity index (χ0v) is 24.7. The van der Waals surface area contributed by atoms with Gasteiger partial charge >= 0.3 is 13.5 Å². The molecular formula is C19H30N8O10P2S2. The second kappa shape index (κ2) is 11.9. The van der Waals surface area contributed by atoms with Crippen molar-refractivity contribution in [3.05, 3.63) is 18.6 Å². The van der Waals surface area contributed by atoms with E-state index in [9.17, 15) is 19.4 Å². The number of aliphatic hydroxyl groups excluding tert-OH is 1. The Kier molecular flexibility index (Phi) is 8.74. The lowest BCUT2D eigenvalue weighted by Gasteiger charge is -2.37. The first kappa shape index (κ1) is 30.1. The molecule has 22 heteroatoms. The van der Waals surface area contributed by atoms with Crippen LogP contribution in [0.15, 0.2) is 18.6 Å². The average Bonchev–Trinajstić information content (AvgIpc) is 3.57. The third-order valence-electron chi connectivity index (χ3n) is 7.29. The number of thiol groups is 1. The van der Waals surface area contributed by atoms with Gasteiger partial charge in [-0.1, -0.05) is 12.2 Å². The Hall–Kier alpha value is -0.900. The monoisotopic (exact) mass is 656 g/mol. The minimum Gasteiger partial charge on any atom is -0.474 e. The molecule has 1 aromatic rings. The van der Waals surface area contributed by atoms with Gasteiger partial charge in [0.25, 0.3) is 0 Å². The van der Waals surface area contributed by atoms with Crippen LogP contribution < -0.4 is 32.1 Å². The summed E-state index contributed by atoms with van der Waals surface area (Å²) in [5.74, 6) is -0.464. The highest BCUT2D eigenvalue weighted by Crippen LogP contribution is 2.58. The topological polar surface area (TPSA) is 233 Å². The Bertz CT molecular complexity index is 1230. The maximum Gasteiger partial charge on any atom is 0.386 e. The summed E-state index contributed by atoms with van der Waals surface area (Å²) in [7, 11) is 0. The molecule has 41 heavy (non-hydrogen) atoms. The van der Waals surface area contributed by atoms with E-state index in [2.05, 4.69) is 43.8 Å². The van der Waals surface area contributed by atoms with Gasteiger partial charge < -0.3 is 38.4 Å². The molecule has 1 aromatic heterocycles. The molecule has 5 heterocycles. The van der Waals surface area contributed by atoms with Crippen molar-refractivity contribution in [2.75, 3.05) is 13.2 Å². The number of nitrogens with zero attached hydrogens (tertiary/aromatic N) is 3. The number of hydrogen-bond donors (Lipinski definition) is 8. The maximum atomic E-state index is 13.4. The summed E-state index contributed by atoms with van der Waals surface area (Å²) in [6.07, 6.45) is -4.09. The number of ether oxygens (including phenoxy) is 2. The Morgan fingerprint density at radius 1 is 1.24 bits per heavy atom. The fourth-order valence-electron chi connectivity index (χ4n) is 5.42. The second-order valence-electron chi connectivity index (χ2n) is 10.1. The van der Waals surface area contributed by atoms with Crippen molar-refractivity contribution in [1.29, 1.82) is 0 Å². The van der Waals surface area contributed by atoms with Crippen LogP contribution in [0, 0.1) is 5.92 Å². The number of hydrogen-bond acceptors (Lipinski definition) is 17. The quantitative estimate of drug-likeness (QED) is 0.127. The molecule has 4 saturated heterocycles. The van der Waals surface area contributed by atoms with Crippen LogP contribution in [0.5, 0.6) is 5.88 Å². The molecule has 6 rings (SSSR count). The number of aliphatic hydroxyl groups is 1. The summed E-state index contributed by atoms with van der Waals surface area (Å²) in [6.45, 7) is -8.52. The zero-order valence-electron chi connectivity index (χ0n) is 21.2. The van der Waals surface area contributed by atoms with Crippen LogP contribution in [0.3, 0.4) is 0 Å². The number of carbonyl (C=O) groups excluding carboxylic acids is 1. The van der Waals surface area contributed by atoms with Gasteiger partial charge in [0.05, 0.1) is 19.3 Å². The second-order valence-corrected chi connectivity index (χ2v) is 15.7. The number of carbonyl (C=O) groups is 1. The molecule has 1 aliphatic carbocycles. The van der Waals surface area contributed by atoms with Crippen LogP contribution in [-0.2, 0) is 44.0 Å². The predicted octanol–water partition coefficient (Wildman–Crippen LogP) is -2.23. The molecule has 0 spiro atoms. The van der Waals surface area contributed by atoms with E-state index in [-0.39, 0.29) is 25.2 Å². The number of rotatable bonds is 3. The standard InChI is InChI=1S/C19H30N8O10P2S2/c20-19-23-16-13(17(29)24-19)25-26-27(16)18-15-14(28)11(35-18)6-33-38(30,40)36-10-4-9(34-12-1-2-21-7-22-12)3-8(10)5-32-39(31,41)37-15/h1-2,7-11,13-16,18-19,23,25-26,28H,3-6,20H2,(H,24,29)(H,30,40)(H,31,41)/t8-,9-,10+,11-,13?,14-,15-,16?,18-,19?,38?,39?/m1/s1. The van der Waals surface area contributed by atoms with E-state index in [0.717, 1.165) is 0 Å². The Labute approximate surface area is 244 Å². The smallest absolute Gasteiger partial charge is 0.386 e. The molecular weight excluding hydrogens is 626 g/mol. The molecule has 1 amide bonds. The van der Waals surface area contributed by atoms with E-state index < -0.39 is 68.6 Å². The number of fused-ring (bicyclic) bond motifs is 4. The first-order chi connectivity index (χ1) is 19.5. The lowest BCUT2D eigenvalue weighted by Crippen LogP contribution is -2.71. The van der Waals surface area contributed by atoms with Crippen molar-refractivity contribution in [2.45, 2.75) is 68.1 Å². The summed E-state index contributed by atoms with van der Waals surface area (Å²) < 4.78 is 48.2. The predicted molar refractivity (Wildman–Crippen MR) is 144 cm³/mol. The summed E-state index contributed by atoms with van der Waals surface area (Å²) in [6, 6.07) is 0.819. The summed E-state index contributed by atoms with van der Waals surface area (Å²) in [4.78, 5) is 31.2. The van der Waals surface area contributed by atoms with E-state index in [1.54, 1.807) is 12.3 Å². The summed E-state index contributed by atoms with van der Waals surface area (Å²) in [5.41, 5.74) is 11.5. The van der Waals surface area contributed by atoms with Crippen molar-refractivity contribution in [3.63, 3.8) is 0 Å². The minimum absolute atomic E-state index is 0.160. The van der Waals surface area contributed by atoms with Crippen LogP contribution >= 0.6 is 25.8 Å². The highest BCUT2D eigenvalue weighted by atomic mass is 32.7. The molecule has 228 valence electrons. The molecule has 1 saturated carbocycles. The maximum absolute atomic E-state index is 13.4. The van der Waals surface area contributed by atoms with Crippen molar-refractivity contribution < 1.29 is 46.9 Å². The van der Waals surface area contributed by atoms with Crippen LogP contribution in [0.4, 0.5) is 0 Å². The number of amides is 1. The summed E-state index contributed by atoms with van der Waals surface area (Å²) >= 11 is 9.42. The van der Waals surface area contributed by atoms with E-state index in [1.165, 1.54) is 11.3 Å². The van der Waals surface area contributed by atoms with Crippen LogP contribution in [0.2, 0.25) is 0 Å². The molecule has 18 nitrogen and oxygen atoms in total. The molecule has 2 bridgehead atoms. The van der Waals surface area contributed by atoms with Gasteiger partial charge in [0.15, 0.2) is 6.23 Å². The van der Waals surface area contributed by atoms with Crippen molar-refractivity contribution in [1.82, 2.24) is 36.6 Å². The Balaban J connectivity index is 1.21. The van der Waals surface area contributed by atoms with Gasteiger partial charge in [0.2, 0.25) is 11.8 Å². The van der Waals surface area contributed by atoms with E-state index >= 15 is 0 Å². The van der Waals surface area contributed by atoms with E-state index in [1.807, 2.05) is 0 Å². The van der Waals surface area contributed by atoms with E-state index in [4.69, 9.17) is 45.1 Å². The number of nitrogens with two attached hydrogens (primary N) is 1. The normalized spacial score (nSPS) is 47.4. The molecule has 8 N–H and O–H groups in total. The van der Waals surface area contributed by atoms with Crippen molar-refractivity contribution >= 4 is 43.5 Å². The van der Waals surface area contributed by atoms with E-state index in [0.29, 0.717) is 18.7 Å². The summed E-state index contributed by atoms with van der Waals surface area (Å²) in [5, 5.41) is 18.1. The molecule has 12 atom stereocenters. The van der Waals surface area contributed by atoms with Crippen LogP contribution in [-0.4, -0.2) is 99.3 Å². The van der Waals surface area contributed by atoms with Crippen molar-refractivity contribution in [2.24, 2.45) is 11.7 Å². The first-order valence-corrected chi connectivity index (χ1v) is 18.0. The number of nitrogens with one attached hydrogen (secondary N) is 4. The van der Waals surface area contributed by atoms with Gasteiger partial charge in [-0.2, -0.15) is 10.5 Å². The Morgan fingerprint density at radius 2 is 2.07 bits per heavy atom.